The molecule has 1 saturated heterocycles. The first-order valence-electron chi connectivity index (χ1n) is 8.38. The molecule has 2 aromatic heterocycles. The quantitative estimate of drug-likeness (QED) is 0.678. The van der Waals surface area contributed by atoms with E-state index in [9.17, 15) is 4.79 Å². The summed E-state index contributed by atoms with van der Waals surface area (Å²) in [6, 6.07) is 3.75. The molecule has 134 valence electrons. The van der Waals surface area contributed by atoms with Gasteiger partial charge >= 0.3 is 0 Å². The van der Waals surface area contributed by atoms with Crippen molar-refractivity contribution < 1.29 is 9.53 Å². The molecule has 26 heavy (non-hydrogen) atoms. The molecule has 1 aliphatic heterocycles. The molecule has 1 unspecified atom stereocenters. The van der Waals surface area contributed by atoms with Gasteiger partial charge in [-0.25, -0.2) is 9.97 Å². The fourth-order valence-electron chi connectivity index (χ4n) is 3.05. The van der Waals surface area contributed by atoms with Gasteiger partial charge in [-0.2, -0.15) is 0 Å². The highest BCUT2D eigenvalue weighted by Gasteiger charge is 2.28. The summed E-state index contributed by atoms with van der Waals surface area (Å²) in [7, 11) is 0. The van der Waals surface area contributed by atoms with Gasteiger partial charge in [-0.3, -0.25) is 14.7 Å². The van der Waals surface area contributed by atoms with Crippen LogP contribution >= 0.6 is 22.9 Å². The smallest absolute Gasteiger partial charge is 0.280 e. The van der Waals surface area contributed by atoms with Gasteiger partial charge in [0.2, 0.25) is 0 Å². The van der Waals surface area contributed by atoms with Crippen molar-refractivity contribution in [2.45, 2.75) is 25.9 Å². The van der Waals surface area contributed by atoms with Crippen molar-refractivity contribution in [1.82, 2.24) is 15.0 Å². The summed E-state index contributed by atoms with van der Waals surface area (Å²) in [4.78, 5) is 27.6. The lowest BCUT2D eigenvalue weighted by atomic mass is 10.2. The molecule has 3 heterocycles. The van der Waals surface area contributed by atoms with E-state index in [0.29, 0.717) is 22.4 Å². The highest BCUT2D eigenvalue weighted by Crippen LogP contribution is 2.34. The molecule has 0 saturated carbocycles. The van der Waals surface area contributed by atoms with E-state index in [1.807, 2.05) is 19.1 Å². The Morgan fingerprint density at radius 2 is 2.31 bits per heavy atom. The zero-order valence-electron chi connectivity index (χ0n) is 14.2. The van der Waals surface area contributed by atoms with Crippen molar-refractivity contribution >= 4 is 44.2 Å². The van der Waals surface area contributed by atoms with Gasteiger partial charge in [0.05, 0.1) is 29.1 Å². The number of fused-ring (bicyclic) bond motifs is 1. The van der Waals surface area contributed by atoms with Crippen LogP contribution in [0.2, 0.25) is 5.02 Å². The van der Waals surface area contributed by atoms with Crippen molar-refractivity contribution in [2.24, 2.45) is 0 Å². The Kier molecular flexibility index (Phi) is 4.84. The molecule has 0 spiro atoms. The Bertz CT molecular complexity index is 941. The minimum atomic E-state index is -0.226. The van der Waals surface area contributed by atoms with Crippen LogP contribution < -0.4 is 4.90 Å². The van der Waals surface area contributed by atoms with Gasteiger partial charge in [0.25, 0.3) is 5.91 Å². The van der Waals surface area contributed by atoms with E-state index in [1.54, 1.807) is 11.1 Å². The van der Waals surface area contributed by atoms with Crippen molar-refractivity contribution in [3.8, 4) is 0 Å². The van der Waals surface area contributed by atoms with Crippen LogP contribution in [0.3, 0.4) is 0 Å². The summed E-state index contributed by atoms with van der Waals surface area (Å²) < 4.78 is 6.69. The summed E-state index contributed by atoms with van der Waals surface area (Å²) >= 11 is 7.61. The molecule has 0 bridgehead atoms. The lowest BCUT2D eigenvalue weighted by Gasteiger charge is -2.22. The van der Waals surface area contributed by atoms with Crippen LogP contribution in [0.25, 0.3) is 10.2 Å². The van der Waals surface area contributed by atoms with Crippen molar-refractivity contribution in [3.63, 3.8) is 0 Å². The molecular weight excluding hydrogens is 372 g/mol. The fraction of sp³-hybridized carbons (Fsp3) is 0.333. The van der Waals surface area contributed by atoms with Crippen LogP contribution in [0.4, 0.5) is 5.13 Å². The van der Waals surface area contributed by atoms with Gasteiger partial charge in [-0.15, -0.1) is 0 Å². The first-order valence-corrected chi connectivity index (χ1v) is 9.57. The number of anilines is 1. The average Bonchev–Trinajstić information content (AvgIpc) is 3.29. The summed E-state index contributed by atoms with van der Waals surface area (Å²) in [6.45, 7) is 3.14. The van der Waals surface area contributed by atoms with Crippen LogP contribution in [0, 0.1) is 6.92 Å². The van der Waals surface area contributed by atoms with Crippen molar-refractivity contribution in [1.29, 1.82) is 0 Å². The molecule has 1 aromatic carbocycles. The normalized spacial score (nSPS) is 16.9. The number of hydrogen-bond donors (Lipinski definition) is 0. The predicted octanol–water partition coefficient (Wildman–Crippen LogP) is 3.87. The highest BCUT2D eigenvalue weighted by atomic mass is 35.5. The molecule has 4 rings (SSSR count). The zero-order chi connectivity index (χ0) is 18.1. The van der Waals surface area contributed by atoms with E-state index in [0.717, 1.165) is 35.2 Å². The maximum atomic E-state index is 13.1. The van der Waals surface area contributed by atoms with E-state index < -0.39 is 0 Å². The maximum absolute atomic E-state index is 13.1. The summed E-state index contributed by atoms with van der Waals surface area (Å²) in [6.07, 6.45) is 6.48. The number of carbonyl (C=O) groups is 1. The van der Waals surface area contributed by atoms with Crippen LogP contribution in [-0.2, 0) is 4.74 Å². The summed E-state index contributed by atoms with van der Waals surface area (Å²) in [5.74, 6) is -0.226. The Morgan fingerprint density at radius 1 is 1.42 bits per heavy atom. The van der Waals surface area contributed by atoms with Gasteiger partial charge < -0.3 is 4.74 Å². The van der Waals surface area contributed by atoms with Crippen LogP contribution in [0.1, 0.15) is 28.9 Å². The minimum Gasteiger partial charge on any atom is -0.376 e. The third-order valence-electron chi connectivity index (χ3n) is 4.31. The maximum Gasteiger partial charge on any atom is 0.280 e. The molecule has 1 atom stereocenters. The number of halogens is 1. The molecule has 8 heteroatoms. The SMILES string of the molecule is Cc1cc(Cl)cc2sc(N(CC3CCCO3)C(=O)c3cnccn3)nc12. The Hall–Kier alpha value is -2.09. The largest absolute Gasteiger partial charge is 0.376 e. The number of benzene rings is 1. The second kappa shape index (κ2) is 7.26. The molecular formula is C18H17ClN4O2S. The molecule has 1 aliphatic rings. The Labute approximate surface area is 159 Å². The second-order valence-corrected chi connectivity index (χ2v) is 7.65. The van der Waals surface area contributed by atoms with E-state index in [-0.39, 0.29) is 12.0 Å². The predicted molar refractivity (Wildman–Crippen MR) is 102 cm³/mol. The molecule has 0 N–H and O–H groups in total. The van der Waals surface area contributed by atoms with Gasteiger partial charge in [0.15, 0.2) is 5.13 Å². The fourth-order valence-corrected chi connectivity index (χ4v) is 4.47. The van der Waals surface area contributed by atoms with Gasteiger partial charge in [0.1, 0.15) is 5.69 Å². The molecule has 6 nitrogen and oxygen atoms in total. The number of nitrogens with zero attached hydrogens (tertiary/aromatic N) is 4. The molecule has 0 radical (unpaired) electrons. The van der Waals surface area contributed by atoms with E-state index in [4.69, 9.17) is 21.3 Å². The van der Waals surface area contributed by atoms with Crippen LogP contribution in [0.15, 0.2) is 30.7 Å². The van der Waals surface area contributed by atoms with E-state index in [1.165, 1.54) is 23.7 Å². The number of hydrogen-bond acceptors (Lipinski definition) is 6. The molecule has 1 amide bonds. The standard InChI is InChI=1S/C18H17ClN4O2S/c1-11-7-12(19)8-15-16(11)22-18(26-15)23(10-13-3-2-6-25-13)17(24)14-9-20-4-5-21-14/h4-5,7-9,13H,2-3,6,10H2,1H3. The topological polar surface area (TPSA) is 68.2 Å². The first kappa shape index (κ1) is 17.3. The van der Waals surface area contributed by atoms with Crippen LogP contribution in [0.5, 0.6) is 0 Å². The van der Waals surface area contributed by atoms with Crippen molar-refractivity contribution in [2.75, 3.05) is 18.1 Å². The number of aryl methyl sites for hydroxylation is 1. The van der Waals surface area contributed by atoms with Gasteiger partial charge in [-0.1, -0.05) is 22.9 Å². The third-order valence-corrected chi connectivity index (χ3v) is 5.55. The Morgan fingerprint density at radius 3 is 3.04 bits per heavy atom. The number of thiazole rings is 1. The van der Waals surface area contributed by atoms with E-state index >= 15 is 0 Å². The van der Waals surface area contributed by atoms with Crippen molar-refractivity contribution in [3.05, 3.63) is 47.0 Å². The lowest BCUT2D eigenvalue weighted by molar-refractivity contribution is 0.0913. The number of amides is 1. The lowest BCUT2D eigenvalue weighted by Crippen LogP contribution is -2.38. The molecule has 3 aromatic rings. The third kappa shape index (κ3) is 3.42. The summed E-state index contributed by atoms with van der Waals surface area (Å²) in [5, 5.41) is 1.28. The van der Waals surface area contributed by atoms with Gasteiger partial charge in [-0.05, 0) is 37.5 Å². The minimum absolute atomic E-state index is 0.00678. The monoisotopic (exact) mass is 388 g/mol. The number of carbonyl (C=O) groups excluding carboxylic acids is 1. The first-order chi connectivity index (χ1) is 12.6. The number of rotatable bonds is 4. The molecule has 0 aliphatic carbocycles. The highest BCUT2D eigenvalue weighted by molar-refractivity contribution is 7.22. The number of ether oxygens (including phenoxy) is 1. The van der Waals surface area contributed by atoms with Gasteiger partial charge in [0, 0.05) is 24.0 Å². The average molecular weight is 389 g/mol. The summed E-state index contributed by atoms with van der Waals surface area (Å²) in [5.41, 5.74) is 2.14. The van der Waals surface area contributed by atoms with Crippen LogP contribution in [-0.4, -0.2) is 40.1 Å². The number of aromatic nitrogens is 3. The molecule has 1 fully saturated rings. The second-order valence-electron chi connectivity index (χ2n) is 6.21. The Balaban J connectivity index is 1.74. The zero-order valence-corrected chi connectivity index (χ0v) is 15.8. The van der Waals surface area contributed by atoms with E-state index in [2.05, 4.69) is 9.97 Å².